The van der Waals surface area contributed by atoms with Crippen molar-refractivity contribution in [3.8, 4) is 0 Å². The summed E-state index contributed by atoms with van der Waals surface area (Å²) in [6, 6.07) is 0.306. The molecule has 8 heteroatoms. The first-order valence-corrected chi connectivity index (χ1v) is 9.17. The number of rotatable bonds is 3. The van der Waals surface area contributed by atoms with E-state index in [9.17, 15) is 9.59 Å². The Morgan fingerprint density at radius 3 is 2.72 bits per heavy atom. The number of amides is 2. The summed E-state index contributed by atoms with van der Waals surface area (Å²) in [5.41, 5.74) is -0.376. The zero-order chi connectivity index (χ0) is 17.3. The SMILES string of the molecule is O=C(Cn1cnnc1)N1CC[C@@]2(CCCN(C3CCOCC3)C2=O)C1. The Labute approximate surface area is 147 Å². The summed E-state index contributed by atoms with van der Waals surface area (Å²) in [5, 5.41) is 7.46. The van der Waals surface area contributed by atoms with E-state index in [-0.39, 0.29) is 23.8 Å². The zero-order valence-electron chi connectivity index (χ0n) is 14.5. The number of likely N-dealkylation sites (tertiary alicyclic amines) is 2. The van der Waals surface area contributed by atoms with Crippen LogP contribution < -0.4 is 0 Å². The van der Waals surface area contributed by atoms with Crippen molar-refractivity contribution in [2.45, 2.75) is 44.7 Å². The van der Waals surface area contributed by atoms with Crippen LogP contribution in [0.3, 0.4) is 0 Å². The normalized spacial score (nSPS) is 28.1. The van der Waals surface area contributed by atoms with Crippen LogP contribution in [0.4, 0.5) is 0 Å². The maximum Gasteiger partial charge on any atom is 0.242 e. The largest absolute Gasteiger partial charge is 0.381 e. The number of hydrogen-bond acceptors (Lipinski definition) is 5. The number of nitrogens with zero attached hydrogens (tertiary/aromatic N) is 5. The highest BCUT2D eigenvalue weighted by atomic mass is 16.5. The van der Waals surface area contributed by atoms with Gasteiger partial charge in [0.15, 0.2) is 0 Å². The highest BCUT2D eigenvalue weighted by Crippen LogP contribution is 2.41. The monoisotopic (exact) mass is 347 g/mol. The predicted octanol–water partition coefficient (Wildman–Crippen LogP) is 0.298. The minimum absolute atomic E-state index is 0.0349. The molecule has 3 aliphatic heterocycles. The third kappa shape index (κ3) is 3.15. The van der Waals surface area contributed by atoms with Crippen LogP contribution in [-0.2, 0) is 20.9 Å². The second-order valence-corrected chi connectivity index (χ2v) is 7.43. The molecule has 4 heterocycles. The fourth-order valence-electron chi connectivity index (χ4n) is 4.47. The van der Waals surface area contributed by atoms with Gasteiger partial charge in [-0.1, -0.05) is 0 Å². The van der Waals surface area contributed by atoms with Gasteiger partial charge in [-0.15, -0.1) is 10.2 Å². The lowest BCUT2D eigenvalue weighted by Gasteiger charge is -2.44. The highest BCUT2D eigenvalue weighted by molar-refractivity contribution is 5.86. The van der Waals surface area contributed by atoms with Crippen LogP contribution in [0, 0.1) is 5.41 Å². The number of piperidine rings is 1. The van der Waals surface area contributed by atoms with Crippen molar-refractivity contribution >= 4 is 11.8 Å². The first-order valence-electron chi connectivity index (χ1n) is 9.17. The fourth-order valence-corrected chi connectivity index (χ4v) is 4.47. The first kappa shape index (κ1) is 16.5. The lowest BCUT2D eigenvalue weighted by Crippen LogP contribution is -2.55. The summed E-state index contributed by atoms with van der Waals surface area (Å²) in [4.78, 5) is 29.7. The molecule has 0 bridgehead atoms. The number of aromatic nitrogens is 3. The Bertz CT molecular complexity index is 628. The van der Waals surface area contributed by atoms with Crippen LogP contribution >= 0.6 is 0 Å². The van der Waals surface area contributed by atoms with Gasteiger partial charge < -0.3 is 19.1 Å². The second-order valence-electron chi connectivity index (χ2n) is 7.43. The van der Waals surface area contributed by atoms with Crippen molar-refractivity contribution in [3.63, 3.8) is 0 Å². The molecule has 4 rings (SSSR count). The van der Waals surface area contributed by atoms with E-state index in [4.69, 9.17) is 4.74 Å². The van der Waals surface area contributed by atoms with E-state index in [1.165, 1.54) is 0 Å². The van der Waals surface area contributed by atoms with Crippen molar-refractivity contribution < 1.29 is 14.3 Å². The lowest BCUT2D eigenvalue weighted by molar-refractivity contribution is -0.151. The molecule has 0 aliphatic carbocycles. The summed E-state index contributed by atoms with van der Waals surface area (Å²) in [7, 11) is 0. The Hall–Kier alpha value is -1.96. The van der Waals surface area contributed by atoms with Crippen molar-refractivity contribution in [2.75, 3.05) is 32.8 Å². The van der Waals surface area contributed by atoms with Gasteiger partial charge in [-0.25, -0.2) is 0 Å². The van der Waals surface area contributed by atoms with Gasteiger partial charge in [-0.3, -0.25) is 9.59 Å². The van der Waals surface area contributed by atoms with Crippen LogP contribution in [0.15, 0.2) is 12.7 Å². The molecule has 1 aromatic heterocycles. The predicted molar refractivity (Wildman–Crippen MR) is 88.4 cm³/mol. The van der Waals surface area contributed by atoms with Gasteiger partial charge in [0.1, 0.15) is 19.2 Å². The molecular formula is C17H25N5O3. The Kier molecular flexibility index (Phi) is 4.45. The summed E-state index contributed by atoms with van der Waals surface area (Å²) in [6.07, 6.45) is 7.64. The van der Waals surface area contributed by atoms with Crippen LogP contribution in [0.5, 0.6) is 0 Å². The average molecular weight is 347 g/mol. The van der Waals surface area contributed by atoms with Gasteiger partial charge in [0.05, 0.1) is 5.41 Å². The van der Waals surface area contributed by atoms with Gasteiger partial charge in [0.25, 0.3) is 0 Å². The van der Waals surface area contributed by atoms with Gasteiger partial charge in [-0.2, -0.15) is 0 Å². The Morgan fingerprint density at radius 1 is 1.20 bits per heavy atom. The fraction of sp³-hybridized carbons (Fsp3) is 0.765. The Morgan fingerprint density at radius 2 is 1.96 bits per heavy atom. The molecule has 1 aromatic rings. The smallest absolute Gasteiger partial charge is 0.242 e. The molecule has 3 saturated heterocycles. The molecule has 1 spiro atoms. The average Bonchev–Trinajstić information content (AvgIpc) is 3.29. The molecule has 3 fully saturated rings. The molecule has 0 saturated carbocycles. The van der Waals surface area contributed by atoms with Crippen LogP contribution in [0.1, 0.15) is 32.1 Å². The molecule has 1 atom stereocenters. The van der Waals surface area contributed by atoms with E-state index in [0.717, 1.165) is 51.9 Å². The maximum absolute atomic E-state index is 13.3. The van der Waals surface area contributed by atoms with Crippen molar-refractivity contribution in [1.29, 1.82) is 0 Å². The van der Waals surface area contributed by atoms with E-state index in [1.807, 2.05) is 4.90 Å². The molecule has 25 heavy (non-hydrogen) atoms. The van der Waals surface area contributed by atoms with Gasteiger partial charge in [-0.05, 0) is 32.1 Å². The van der Waals surface area contributed by atoms with Gasteiger partial charge >= 0.3 is 0 Å². The number of carbonyl (C=O) groups is 2. The van der Waals surface area contributed by atoms with Crippen molar-refractivity contribution in [3.05, 3.63) is 12.7 Å². The maximum atomic E-state index is 13.3. The lowest BCUT2D eigenvalue weighted by atomic mass is 9.77. The molecule has 2 amide bonds. The third-order valence-electron chi connectivity index (χ3n) is 5.89. The van der Waals surface area contributed by atoms with Gasteiger partial charge in [0.2, 0.25) is 11.8 Å². The minimum atomic E-state index is -0.376. The summed E-state index contributed by atoms with van der Waals surface area (Å²) in [5.74, 6) is 0.290. The van der Waals surface area contributed by atoms with E-state index in [1.54, 1.807) is 17.2 Å². The summed E-state index contributed by atoms with van der Waals surface area (Å²) >= 11 is 0. The molecule has 0 radical (unpaired) electrons. The molecule has 136 valence electrons. The van der Waals surface area contributed by atoms with E-state index in [2.05, 4.69) is 15.1 Å². The molecule has 0 unspecified atom stereocenters. The topological polar surface area (TPSA) is 80.6 Å². The van der Waals surface area contributed by atoms with E-state index in [0.29, 0.717) is 19.1 Å². The minimum Gasteiger partial charge on any atom is -0.381 e. The zero-order valence-corrected chi connectivity index (χ0v) is 14.5. The van der Waals surface area contributed by atoms with Crippen LogP contribution in [0.2, 0.25) is 0 Å². The van der Waals surface area contributed by atoms with E-state index >= 15 is 0 Å². The number of carbonyl (C=O) groups excluding carboxylic acids is 2. The number of hydrogen-bond donors (Lipinski definition) is 0. The first-order chi connectivity index (χ1) is 12.2. The molecular weight excluding hydrogens is 322 g/mol. The van der Waals surface area contributed by atoms with Gasteiger partial charge in [0, 0.05) is 38.9 Å². The second kappa shape index (κ2) is 6.74. The van der Waals surface area contributed by atoms with Crippen molar-refractivity contribution in [2.24, 2.45) is 5.41 Å². The van der Waals surface area contributed by atoms with Crippen molar-refractivity contribution in [1.82, 2.24) is 24.6 Å². The molecule has 3 aliphatic rings. The van der Waals surface area contributed by atoms with Crippen LogP contribution in [0.25, 0.3) is 0 Å². The highest BCUT2D eigenvalue weighted by Gasteiger charge is 2.50. The molecule has 0 aromatic carbocycles. The van der Waals surface area contributed by atoms with Crippen LogP contribution in [-0.4, -0.2) is 75.3 Å². The summed E-state index contributed by atoms with van der Waals surface area (Å²) in [6.45, 7) is 3.78. The molecule has 0 N–H and O–H groups in total. The quantitative estimate of drug-likeness (QED) is 0.785. The Balaban J connectivity index is 1.42. The van der Waals surface area contributed by atoms with E-state index < -0.39 is 0 Å². The standard InChI is InChI=1S/C17H25N5O3/c23-15(10-20-12-18-19-13-20)21-7-5-17(11-21)4-1-6-22(16(17)24)14-2-8-25-9-3-14/h12-14H,1-11H2/t17-/m0/s1. The number of ether oxygens (including phenoxy) is 1. The molecule has 8 nitrogen and oxygen atoms in total. The summed E-state index contributed by atoms with van der Waals surface area (Å²) < 4.78 is 7.11. The third-order valence-corrected chi connectivity index (χ3v) is 5.89.